The first-order valence-electron chi connectivity index (χ1n) is 12.0. The number of amides is 2. The molecular formula is C29H33ClN2O2. The maximum Gasteiger partial charge on any atom is 0.243 e. The molecule has 0 aromatic heterocycles. The molecule has 0 aliphatic rings. The van der Waals surface area contributed by atoms with E-state index in [9.17, 15) is 9.59 Å². The minimum atomic E-state index is -0.599. The van der Waals surface area contributed by atoms with Crippen LogP contribution in [0.25, 0.3) is 0 Å². The highest BCUT2D eigenvalue weighted by Crippen LogP contribution is 2.20. The third-order valence-electron chi connectivity index (χ3n) is 5.86. The number of hydrogen-bond acceptors (Lipinski definition) is 2. The van der Waals surface area contributed by atoms with Gasteiger partial charge in [0.15, 0.2) is 0 Å². The Morgan fingerprint density at radius 1 is 0.882 bits per heavy atom. The first kappa shape index (κ1) is 25.5. The molecule has 178 valence electrons. The zero-order chi connectivity index (χ0) is 24.2. The Morgan fingerprint density at radius 3 is 2.15 bits per heavy atom. The molecular weight excluding hydrogens is 444 g/mol. The maximum atomic E-state index is 13.6. The Bertz CT molecular complexity index is 1040. The molecule has 0 bridgehead atoms. The molecule has 0 saturated carbocycles. The van der Waals surface area contributed by atoms with E-state index in [1.165, 1.54) is 0 Å². The number of carbonyl (C=O) groups excluding carboxylic acids is 2. The molecule has 3 rings (SSSR count). The molecule has 0 unspecified atom stereocenters. The summed E-state index contributed by atoms with van der Waals surface area (Å²) in [4.78, 5) is 28.7. The predicted molar refractivity (Wildman–Crippen MR) is 139 cm³/mol. The lowest BCUT2D eigenvalue weighted by Gasteiger charge is -2.31. The SMILES string of the molecule is CCCCNC(=O)[C@@H](Cc1ccccc1)N(Cc1ccccc1)C(=O)CCc1ccccc1Cl. The zero-order valence-electron chi connectivity index (χ0n) is 19.8. The smallest absolute Gasteiger partial charge is 0.243 e. The monoisotopic (exact) mass is 476 g/mol. The summed E-state index contributed by atoms with van der Waals surface area (Å²) in [6.45, 7) is 3.07. The third kappa shape index (κ3) is 7.74. The van der Waals surface area contributed by atoms with Crippen molar-refractivity contribution >= 4 is 23.4 Å². The zero-order valence-corrected chi connectivity index (χ0v) is 20.5. The van der Waals surface area contributed by atoms with Crippen molar-refractivity contribution in [3.63, 3.8) is 0 Å². The van der Waals surface area contributed by atoms with Gasteiger partial charge in [-0.05, 0) is 35.6 Å². The van der Waals surface area contributed by atoms with Gasteiger partial charge in [-0.2, -0.15) is 0 Å². The number of carbonyl (C=O) groups is 2. The molecule has 0 fully saturated rings. The molecule has 0 radical (unpaired) electrons. The van der Waals surface area contributed by atoms with Crippen LogP contribution in [0.1, 0.15) is 42.9 Å². The van der Waals surface area contributed by atoms with Crippen molar-refractivity contribution in [1.29, 1.82) is 0 Å². The van der Waals surface area contributed by atoms with Crippen molar-refractivity contribution in [3.05, 3.63) is 107 Å². The van der Waals surface area contributed by atoms with Crippen LogP contribution in [0.3, 0.4) is 0 Å². The number of nitrogens with zero attached hydrogens (tertiary/aromatic N) is 1. The number of aryl methyl sites for hydroxylation is 1. The molecule has 2 amide bonds. The molecule has 3 aromatic rings. The van der Waals surface area contributed by atoms with E-state index in [1.807, 2.05) is 84.9 Å². The molecule has 0 heterocycles. The Morgan fingerprint density at radius 2 is 1.50 bits per heavy atom. The Labute approximate surface area is 207 Å². The summed E-state index contributed by atoms with van der Waals surface area (Å²) in [5.41, 5.74) is 2.95. The second-order valence-corrected chi connectivity index (χ2v) is 8.86. The van der Waals surface area contributed by atoms with Crippen LogP contribution < -0.4 is 5.32 Å². The second-order valence-electron chi connectivity index (χ2n) is 8.45. The summed E-state index contributed by atoms with van der Waals surface area (Å²) in [7, 11) is 0. The number of unbranched alkanes of at least 4 members (excludes halogenated alkanes) is 1. The largest absolute Gasteiger partial charge is 0.354 e. The highest BCUT2D eigenvalue weighted by Gasteiger charge is 2.30. The van der Waals surface area contributed by atoms with Gasteiger partial charge in [-0.25, -0.2) is 0 Å². The normalized spacial score (nSPS) is 11.6. The number of rotatable bonds is 12. The topological polar surface area (TPSA) is 49.4 Å². The van der Waals surface area contributed by atoms with Gasteiger partial charge in [0.05, 0.1) is 0 Å². The van der Waals surface area contributed by atoms with E-state index in [4.69, 9.17) is 11.6 Å². The summed E-state index contributed by atoms with van der Waals surface area (Å²) in [5, 5.41) is 3.71. The molecule has 3 aromatic carbocycles. The van der Waals surface area contributed by atoms with Gasteiger partial charge in [-0.3, -0.25) is 9.59 Å². The van der Waals surface area contributed by atoms with Crippen molar-refractivity contribution < 1.29 is 9.59 Å². The van der Waals surface area contributed by atoms with Crippen LogP contribution >= 0.6 is 11.6 Å². The molecule has 0 aliphatic heterocycles. The van der Waals surface area contributed by atoms with Gasteiger partial charge >= 0.3 is 0 Å². The fraction of sp³-hybridized carbons (Fsp3) is 0.310. The van der Waals surface area contributed by atoms with Gasteiger partial charge < -0.3 is 10.2 Å². The molecule has 1 N–H and O–H groups in total. The predicted octanol–water partition coefficient (Wildman–Crippen LogP) is 5.83. The lowest BCUT2D eigenvalue weighted by Crippen LogP contribution is -2.50. The molecule has 5 heteroatoms. The van der Waals surface area contributed by atoms with Gasteiger partial charge in [0.2, 0.25) is 11.8 Å². The summed E-state index contributed by atoms with van der Waals surface area (Å²) in [5.74, 6) is -0.172. The van der Waals surface area contributed by atoms with Crippen LogP contribution in [0.2, 0.25) is 5.02 Å². The second kappa shape index (κ2) is 13.6. The minimum Gasteiger partial charge on any atom is -0.354 e. The van der Waals surface area contributed by atoms with Crippen LogP contribution in [-0.4, -0.2) is 29.3 Å². The lowest BCUT2D eigenvalue weighted by atomic mass is 10.0. The lowest BCUT2D eigenvalue weighted by molar-refractivity contribution is -0.141. The number of halogens is 1. The summed E-state index contributed by atoms with van der Waals surface area (Å²) in [6, 6.07) is 26.7. The van der Waals surface area contributed by atoms with Crippen LogP contribution in [0, 0.1) is 0 Å². The Kier molecular flexibility index (Phi) is 10.2. The van der Waals surface area contributed by atoms with Gasteiger partial charge in [0.25, 0.3) is 0 Å². The van der Waals surface area contributed by atoms with Gasteiger partial charge in [-0.15, -0.1) is 0 Å². The standard InChI is InChI=1S/C29H33ClN2O2/c1-2-3-20-31-29(34)27(21-23-12-6-4-7-13-23)32(22-24-14-8-5-9-15-24)28(33)19-18-25-16-10-11-17-26(25)30/h4-17,27H,2-3,18-22H2,1H3,(H,31,34)/t27-/m1/s1. The van der Waals surface area contributed by atoms with E-state index in [0.29, 0.717) is 31.0 Å². The quantitative estimate of drug-likeness (QED) is 0.334. The van der Waals surface area contributed by atoms with Crippen molar-refractivity contribution in [2.24, 2.45) is 0 Å². The summed E-state index contributed by atoms with van der Waals surface area (Å²) in [6.07, 6.45) is 3.17. The maximum absolute atomic E-state index is 13.6. The van der Waals surface area contributed by atoms with Crippen LogP contribution in [-0.2, 0) is 29.0 Å². The number of nitrogens with one attached hydrogen (secondary N) is 1. The molecule has 0 aliphatic carbocycles. The van der Waals surface area contributed by atoms with Crippen LogP contribution in [0.5, 0.6) is 0 Å². The molecule has 0 spiro atoms. The van der Waals surface area contributed by atoms with Crippen molar-refractivity contribution in [2.45, 2.75) is 51.6 Å². The van der Waals surface area contributed by atoms with E-state index in [1.54, 1.807) is 4.90 Å². The molecule has 1 atom stereocenters. The van der Waals surface area contributed by atoms with E-state index >= 15 is 0 Å². The molecule has 34 heavy (non-hydrogen) atoms. The summed E-state index contributed by atoms with van der Waals surface area (Å²) < 4.78 is 0. The van der Waals surface area contributed by atoms with E-state index < -0.39 is 6.04 Å². The van der Waals surface area contributed by atoms with Gasteiger partial charge in [-0.1, -0.05) is 104 Å². The van der Waals surface area contributed by atoms with Crippen molar-refractivity contribution in [2.75, 3.05) is 6.54 Å². The molecule has 4 nitrogen and oxygen atoms in total. The highest BCUT2D eigenvalue weighted by atomic mass is 35.5. The first-order valence-corrected chi connectivity index (χ1v) is 12.3. The summed E-state index contributed by atoms with van der Waals surface area (Å²) >= 11 is 6.32. The number of hydrogen-bond donors (Lipinski definition) is 1. The fourth-order valence-electron chi connectivity index (χ4n) is 3.93. The van der Waals surface area contributed by atoms with Gasteiger partial charge in [0.1, 0.15) is 6.04 Å². The van der Waals surface area contributed by atoms with E-state index in [0.717, 1.165) is 29.5 Å². The average molecular weight is 477 g/mol. The highest BCUT2D eigenvalue weighted by molar-refractivity contribution is 6.31. The van der Waals surface area contributed by atoms with Crippen molar-refractivity contribution in [3.8, 4) is 0 Å². The fourth-order valence-corrected chi connectivity index (χ4v) is 4.16. The minimum absolute atomic E-state index is 0.0599. The first-order chi connectivity index (χ1) is 16.6. The van der Waals surface area contributed by atoms with Crippen molar-refractivity contribution in [1.82, 2.24) is 10.2 Å². The van der Waals surface area contributed by atoms with Crippen LogP contribution in [0.4, 0.5) is 0 Å². The average Bonchev–Trinajstić information content (AvgIpc) is 2.87. The Balaban J connectivity index is 1.86. The Hall–Kier alpha value is -3.11. The third-order valence-corrected chi connectivity index (χ3v) is 6.23. The number of benzene rings is 3. The molecule has 0 saturated heterocycles. The van der Waals surface area contributed by atoms with Gasteiger partial charge in [0, 0.05) is 31.0 Å². The van der Waals surface area contributed by atoms with Crippen LogP contribution in [0.15, 0.2) is 84.9 Å². The van der Waals surface area contributed by atoms with E-state index in [-0.39, 0.29) is 18.2 Å². The van der Waals surface area contributed by atoms with E-state index in [2.05, 4.69) is 12.2 Å².